The Bertz CT molecular complexity index is 803. The van der Waals surface area contributed by atoms with Crippen LogP contribution in [0.3, 0.4) is 0 Å². The Morgan fingerprint density at radius 2 is 1.88 bits per heavy atom. The zero-order valence-electron chi connectivity index (χ0n) is 14.9. The number of hydrogen-bond donors (Lipinski definition) is 1. The number of rotatable bonds is 4. The molecule has 1 aliphatic rings. The molecule has 2 aromatic rings. The molecule has 0 saturated carbocycles. The van der Waals surface area contributed by atoms with Crippen LogP contribution in [0.5, 0.6) is 0 Å². The smallest absolute Gasteiger partial charge is 0.391 e. The van der Waals surface area contributed by atoms with E-state index >= 15 is 0 Å². The lowest BCUT2D eigenvalue weighted by Gasteiger charge is -2.33. The van der Waals surface area contributed by atoms with Crippen molar-refractivity contribution in [1.82, 2.24) is 9.47 Å². The molecule has 1 aliphatic heterocycles. The zero-order valence-corrected chi connectivity index (χ0v) is 14.9. The van der Waals surface area contributed by atoms with Gasteiger partial charge in [-0.25, -0.2) is 4.79 Å². The molecule has 1 N–H and O–H groups in total. The van der Waals surface area contributed by atoms with Crippen LogP contribution in [0, 0.1) is 5.92 Å². The number of carbonyl (C=O) groups is 1. The molecule has 0 radical (unpaired) electrons. The molecule has 1 fully saturated rings. The van der Waals surface area contributed by atoms with E-state index in [4.69, 9.17) is 0 Å². The minimum Gasteiger partial charge on any atom is -0.478 e. The van der Waals surface area contributed by atoms with Gasteiger partial charge < -0.3 is 9.67 Å². The third-order valence-corrected chi connectivity index (χ3v) is 5.12. The van der Waals surface area contributed by atoms with Gasteiger partial charge in [0.05, 0.1) is 11.5 Å². The van der Waals surface area contributed by atoms with E-state index < -0.39 is 18.1 Å². The van der Waals surface area contributed by atoms with Gasteiger partial charge in [-0.1, -0.05) is 0 Å². The summed E-state index contributed by atoms with van der Waals surface area (Å²) in [5.74, 6) is -2.17. The van der Waals surface area contributed by atoms with Gasteiger partial charge in [0.2, 0.25) is 0 Å². The van der Waals surface area contributed by atoms with Crippen molar-refractivity contribution >= 4 is 16.9 Å². The summed E-state index contributed by atoms with van der Waals surface area (Å²) in [7, 11) is 0. The lowest BCUT2D eigenvalue weighted by molar-refractivity contribution is -0.185. The Morgan fingerprint density at radius 1 is 1.23 bits per heavy atom. The standard InChI is InChI=1S/C19H23F3N2O2/c1-12(2)24-16(10-14-9-13(18(25)26)3-4-17(14)24)11-23-7-5-15(6-8-23)19(20,21)22/h3-4,9-10,12,15H,5-8,11H2,1-2H3,(H,25,26). The second-order valence-electron chi connectivity index (χ2n) is 7.27. The van der Waals surface area contributed by atoms with Crippen LogP contribution in [0.4, 0.5) is 13.2 Å². The van der Waals surface area contributed by atoms with Crippen molar-refractivity contribution in [2.24, 2.45) is 5.92 Å². The number of alkyl halides is 3. The minimum atomic E-state index is -4.11. The fourth-order valence-corrected chi connectivity index (χ4v) is 3.81. The van der Waals surface area contributed by atoms with E-state index in [1.165, 1.54) is 0 Å². The van der Waals surface area contributed by atoms with E-state index in [1.54, 1.807) is 18.2 Å². The van der Waals surface area contributed by atoms with Gasteiger partial charge in [0.1, 0.15) is 0 Å². The number of nitrogens with zero attached hydrogens (tertiary/aromatic N) is 2. The first-order chi connectivity index (χ1) is 12.2. The lowest BCUT2D eigenvalue weighted by atomic mass is 9.96. The number of carboxylic acid groups (broad SMARTS) is 1. The van der Waals surface area contributed by atoms with Crippen molar-refractivity contribution in [2.45, 2.75) is 45.5 Å². The van der Waals surface area contributed by atoms with Gasteiger partial charge in [-0.2, -0.15) is 13.2 Å². The Balaban J connectivity index is 1.83. The van der Waals surface area contributed by atoms with Gasteiger partial charge in [0, 0.05) is 29.2 Å². The molecule has 0 aliphatic carbocycles. The highest BCUT2D eigenvalue weighted by atomic mass is 19.4. The molecular weight excluding hydrogens is 345 g/mol. The maximum Gasteiger partial charge on any atom is 0.391 e. The Morgan fingerprint density at radius 3 is 2.42 bits per heavy atom. The summed E-state index contributed by atoms with van der Waals surface area (Å²) in [6.45, 7) is 5.50. The molecule has 1 aromatic heterocycles. The zero-order chi connectivity index (χ0) is 19.1. The van der Waals surface area contributed by atoms with Crippen molar-refractivity contribution < 1.29 is 23.1 Å². The maximum absolute atomic E-state index is 12.8. The van der Waals surface area contributed by atoms with E-state index in [1.807, 2.05) is 24.8 Å². The fraction of sp³-hybridized carbons (Fsp3) is 0.526. The number of halogens is 3. The Kier molecular flexibility index (Phi) is 5.01. The van der Waals surface area contributed by atoms with Gasteiger partial charge in [0.15, 0.2) is 0 Å². The highest BCUT2D eigenvalue weighted by Gasteiger charge is 2.41. The first-order valence-electron chi connectivity index (χ1n) is 8.83. The average Bonchev–Trinajstić information content (AvgIpc) is 2.91. The largest absolute Gasteiger partial charge is 0.478 e. The van der Waals surface area contributed by atoms with Gasteiger partial charge in [0.25, 0.3) is 0 Å². The van der Waals surface area contributed by atoms with Crippen molar-refractivity contribution in [3.8, 4) is 0 Å². The highest BCUT2D eigenvalue weighted by Crippen LogP contribution is 2.35. The number of benzene rings is 1. The highest BCUT2D eigenvalue weighted by molar-refractivity contribution is 5.94. The SMILES string of the molecule is CC(C)n1c(CN2CCC(C(F)(F)F)CC2)cc2cc(C(=O)O)ccc21. The molecule has 0 spiro atoms. The normalized spacial score (nSPS) is 17.3. The van der Waals surface area contributed by atoms with Crippen LogP contribution in [0.1, 0.15) is 48.8 Å². The minimum absolute atomic E-state index is 0.134. The van der Waals surface area contributed by atoms with E-state index in [2.05, 4.69) is 4.57 Å². The number of likely N-dealkylation sites (tertiary alicyclic amines) is 1. The summed E-state index contributed by atoms with van der Waals surface area (Å²) >= 11 is 0. The van der Waals surface area contributed by atoms with E-state index in [-0.39, 0.29) is 24.4 Å². The summed E-state index contributed by atoms with van der Waals surface area (Å²) in [5.41, 5.74) is 2.18. The molecule has 3 rings (SSSR count). The maximum atomic E-state index is 12.8. The number of aromatic carboxylic acids is 1. The van der Waals surface area contributed by atoms with E-state index in [0.29, 0.717) is 19.6 Å². The van der Waals surface area contributed by atoms with Crippen LogP contribution in [-0.2, 0) is 6.54 Å². The molecule has 0 atom stereocenters. The van der Waals surface area contributed by atoms with Crippen LogP contribution >= 0.6 is 0 Å². The second kappa shape index (κ2) is 6.95. The van der Waals surface area contributed by atoms with Crippen LogP contribution in [0.25, 0.3) is 10.9 Å². The van der Waals surface area contributed by atoms with Crippen LogP contribution in [0.15, 0.2) is 24.3 Å². The van der Waals surface area contributed by atoms with E-state index in [0.717, 1.165) is 16.6 Å². The van der Waals surface area contributed by atoms with Gasteiger partial charge >= 0.3 is 12.1 Å². The number of aromatic nitrogens is 1. The molecule has 2 heterocycles. The number of fused-ring (bicyclic) bond motifs is 1. The summed E-state index contributed by atoms with van der Waals surface area (Å²) in [6, 6.07) is 7.17. The van der Waals surface area contributed by atoms with Crippen LogP contribution < -0.4 is 0 Å². The number of carboxylic acids is 1. The molecule has 0 unspecified atom stereocenters. The molecule has 1 aromatic carbocycles. The molecule has 7 heteroatoms. The summed E-state index contributed by atoms with van der Waals surface area (Å²) in [5, 5.41) is 10.0. The second-order valence-corrected chi connectivity index (χ2v) is 7.27. The van der Waals surface area contributed by atoms with Gasteiger partial charge in [-0.05, 0) is 64.0 Å². The van der Waals surface area contributed by atoms with Gasteiger partial charge in [-0.15, -0.1) is 0 Å². The monoisotopic (exact) mass is 368 g/mol. The first kappa shape index (κ1) is 18.8. The molecule has 4 nitrogen and oxygen atoms in total. The molecule has 0 bridgehead atoms. The summed E-state index contributed by atoms with van der Waals surface area (Å²) < 4.78 is 40.6. The van der Waals surface area contributed by atoms with Crippen molar-refractivity contribution in [1.29, 1.82) is 0 Å². The predicted molar refractivity (Wildman–Crippen MR) is 93.3 cm³/mol. The molecule has 142 valence electrons. The molecular formula is C19H23F3N2O2. The third kappa shape index (κ3) is 3.72. The van der Waals surface area contributed by atoms with Crippen molar-refractivity contribution in [3.63, 3.8) is 0 Å². The number of hydrogen-bond acceptors (Lipinski definition) is 2. The fourth-order valence-electron chi connectivity index (χ4n) is 3.81. The topological polar surface area (TPSA) is 45.5 Å². The van der Waals surface area contributed by atoms with Crippen molar-refractivity contribution in [3.05, 3.63) is 35.5 Å². The van der Waals surface area contributed by atoms with Gasteiger partial charge in [-0.3, -0.25) is 4.90 Å². The Labute approximate surface area is 150 Å². The van der Waals surface area contributed by atoms with Crippen LogP contribution in [0.2, 0.25) is 0 Å². The van der Waals surface area contributed by atoms with E-state index in [9.17, 15) is 23.1 Å². The molecule has 26 heavy (non-hydrogen) atoms. The number of piperidine rings is 1. The third-order valence-electron chi connectivity index (χ3n) is 5.12. The summed E-state index contributed by atoms with van der Waals surface area (Å²) in [6.07, 6.45) is -3.84. The Hall–Kier alpha value is -2.02. The molecule has 0 amide bonds. The average molecular weight is 368 g/mol. The first-order valence-corrected chi connectivity index (χ1v) is 8.83. The van der Waals surface area contributed by atoms with Crippen LogP contribution in [-0.4, -0.2) is 39.8 Å². The van der Waals surface area contributed by atoms with Crippen molar-refractivity contribution in [2.75, 3.05) is 13.1 Å². The lowest BCUT2D eigenvalue weighted by Crippen LogP contribution is -2.38. The predicted octanol–water partition coefficient (Wildman–Crippen LogP) is 4.69. The summed E-state index contributed by atoms with van der Waals surface area (Å²) in [4.78, 5) is 13.2. The quantitative estimate of drug-likeness (QED) is 0.851. The molecule has 1 saturated heterocycles.